The van der Waals surface area contributed by atoms with Gasteiger partial charge < -0.3 is 0 Å². The summed E-state index contributed by atoms with van der Waals surface area (Å²) in [6.45, 7) is 13.2. The van der Waals surface area contributed by atoms with E-state index in [4.69, 9.17) is 23.2 Å². The monoisotopic (exact) mass is 632 g/mol. The van der Waals surface area contributed by atoms with Crippen LogP contribution in [0.3, 0.4) is 0 Å². The van der Waals surface area contributed by atoms with Gasteiger partial charge in [0.25, 0.3) is 0 Å². The van der Waals surface area contributed by atoms with E-state index in [0.29, 0.717) is 0 Å². The predicted octanol–water partition coefficient (Wildman–Crippen LogP) is 12.1. The van der Waals surface area contributed by atoms with E-state index in [1.807, 2.05) is 30.3 Å². The van der Waals surface area contributed by atoms with Crippen molar-refractivity contribution < 1.29 is 21.7 Å². The number of aryl methyl sites for hydroxylation is 6. The zero-order valence-corrected chi connectivity index (χ0v) is 28.6. The summed E-state index contributed by atoms with van der Waals surface area (Å²) >= 11 is 11.8. The molecule has 0 unspecified atom stereocenters. The summed E-state index contributed by atoms with van der Waals surface area (Å²) in [6.07, 6.45) is 0.975. The summed E-state index contributed by atoms with van der Waals surface area (Å²) in [5.74, 6) is 0. The maximum Gasteiger partial charge on any atom is 2.00 e. The van der Waals surface area contributed by atoms with Crippen molar-refractivity contribution in [2.24, 2.45) is 0 Å². The summed E-state index contributed by atoms with van der Waals surface area (Å²) in [6, 6.07) is 33.9. The number of hydrogen-bond acceptors (Lipinski definition) is 0. The zero-order valence-electron chi connectivity index (χ0n) is 25.5. The molecule has 0 aromatic heterocycles. The minimum absolute atomic E-state index is 0. The van der Waals surface area contributed by atoms with E-state index in [9.17, 15) is 0 Å². The minimum Gasteiger partial charge on any atom is -0.179 e. The molecule has 0 saturated carbocycles. The molecule has 0 saturated heterocycles. The van der Waals surface area contributed by atoms with Crippen molar-refractivity contribution in [2.45, 2.75) is 48.0 Å². The van der Waals surface area contributed by atoms with Crippen LogP contribution in [0.2, 0.25) is 10.0 Å². The topological polar surface area (TPSA) is 0 Å². The third-order valence-corrected chi connectivity index (χ3v) is 9.09. The van der Waals surface area contributed by atoms with E-state index in [2.05, 4.69) is 102 Å². The fraction of sp³-hybridized carbons (Fsp3) is 0.175. The number of benzene rings is 5. The van der Waals surface area contributed by atoms with Crippen LogP contribution in [0.5, 0.6) is 0 Å². The van der Waals surface area contributed by atoms with Gasteiger partial charge in [-0.3, -0.25) is 0 Å². The molecule has 0 aliphatic heterocycles. The molecule has 0 fully saturated rings. The smallest absolute Gasteiger partial charge is 0.179 e. The summed E-state index contributed by atoms with van der Waals surface area (Å²) in [4.78, 5) is 0. The zero-order chi connectivity index (χ0) is 29.7. The number of rotatable bonds is 2. The van der Waals surface area contributed by atoms with Gasteiger partial charge in [-0.25, -0.2) is 0 Å². The largest absolute Gasteiger partial charge is 2.00 e. The van der Waals surface area contributed by atoms with Crippen LogP contribution in [-0.2, 0) is 28.1 Å². The molecule has 0 heterocycles. The SMILES string of the molecule is Cc1cc(C)c(-c2c[c-]c3c(c2)-c2cc(-c4c(C)cc(C)cc4C)ccc2C3)c(C)c1.Clc1ccc(Cl)c2[cH-]ccc12.[Ti+2]. The molecule has 0 atom stereocenters. The van der Waals surface area contributed by atoms with E-state index in [-0.39, 0.29) is 21.7 Å². The molecule has 0 bridgehead atoms. The first-order valence-electron chi connectivity index (χ1n) is 14.4. The number of fused-ring (bicyclic) bond motifs is 4. The van der Waals surface area contributed by atoms with Gasteiger partial charge in [0, 0.05) is 0 Å². The van der Waals surface area contributed by atoms with Crippen LogP contribution in [0.15, 0.2) is 84.9 Å². The van der Waals surface area contributed by atoms with Crippen LogP contribution in [-0.4, -0.2) is 0 Å². The van der Waals surface area contributed by atoms with Crippen molar-refractivity contribution in [1.82, 2.24) is 0 Å². The third kappa shape index (κ3) is 6.04. The molecular formula is C40H34Cl2Ti. The van der Waals surface area contributed by atoms with E-state index >= 15 is 0 Å². The number of hydrogen-bond donors (Lipinski definition) is 0. The molecule has 0 amide bonds. The standard InChI is InChI=1S/C31H29.C9H5Cl2.Ti/c1-18-11-20(3)30(21(4)12-18)26-9-7-24-15-25-8-10-27(17-29(25)28(24)16-26)31-22(5)13-19(2)14-23(31)6;10-8-4-5-9(11)7-3-1-2-6(7)8;/h7,9-14,16-17H,15H2,1-6H3;1-5H;/q2*-1;+2. The quantitative estimate of drug-likeness (QED) is 0.131. The minimum atomic E-state index is 0. The molecule has 212 valence electrons. The van der Waals surface area contributed by atoms with Crippen molar-refractivity contribution in [3.8, 4) is 33.4 Å². The van der Waals surface area contributed by atoms with Crippen molar-refractivity contribution in [3.63, 3.8) is 0 Å². The fourth-order valence-corrected chi connectivity index (χ4v) is 7.27. The average molecular weight is 633 g/mol. The van der Waals surface area contributed by atoms with Gasteiger partial charge in [0.15, 0.2) is 0 Å². The van der Waals surface area contributed by atoms with Gasteiger partial charge >= 0.3 is 21.7 Å². The van der Waals surface area contributed by atoms with E-state index in [1.54, 1.807) is 0 Å². The summed E-state index contributed by atoms with van der Waals surface area (Å²) in [5.41, 5.74) is 18.8. The van der Waals surface area contributed by atoms with Crippen LogP contribution >= 0.6 is 23.2 Å². The Kier molecular flexibility index (Phi) is 9.17. The van der Waals surface area contributed by atoms with Crippen LogP contribution in [0.4, 0.5) is 0 Å². The van der Waals surface area contributed by atoms with Gasteiger partial charge in [-0.2, -0.15) is 35.9 Å². The Morgan fingerprint density at radius 2 is 1.19 bits per heavy atom. The molecule has 0 N–H and O–H groups in total. The molecule has 1 aliphatic rings. The molecule has 43 heavy (non-hydrogen) atoms. The van der Waals surface area contributed by atoms with Gasteiger partial charge in [-0.1, -0.05) is 105 Å². The Morgan fingerprint density at radius 3 is 1.79 bits per heavy atom. The molecule has 0 radical (unpaired) electrons. The van der Waals surface area contributed by atoms with Gasteiger partial charge in [0.05, 0.1) is 0 Å². The molecule has 6 aromatic rings. The van der Waals surface area contributed by atoms with Crippen LogP contribution in [0.25, 0.3) is 44.2 Å². The third-order valence-electron chi connectivity index (χ3n) is 8.43. The van der Waals surface area contributed by atoms with Crippen LogP contribution < -0.4 is 0 Å². The van der Waals surface area contributed by atoms with Crippen molar-refractivity contribution in [2.75, 3.05) is 0 Å². The summed E-state index contributed by atoms with van der Waals surface area (Å²) in [5, 5.41) is 3.57. The first kappa shape index (κ1) is 31.4. The van der Waals surface area contributed by atoms with Gasteiger partial charge in [-0.05, 0) is 80.3 Å². The maximum atomic E-state index is 5.91. The van der Waals surface area contributed by atoms with Gasteiger partial charge in [0.2, 0.25) is 0 Å². The first-order chi connectivity index (χ1) is 20.1. The van der Waals surface area contributed by atoms with Crippen molar-refractivity contribution in [1.29, 1.82) is 0 Å². The van der Waals surface area contributed by atoms with E-state index in [1.165, 1.54) is 77.9 Å². The summed E-state index contributed by atoms with van der Waals surface area (Å²) < 4.78 is 0. The second-order valence-electron chi connectivity index (χ2n) is 11.8. The number of halogens is 2. The molecular weight excluding hydrogens is 599 g/mol. The molecule has 7 rings (SSSR count). The second-order valence-corrected chi connectivity index (χ2v) is 12.6. The van der Waals surface area contributed by atoms with Crippen LogP contribution in [0, 0.1) is 47.6 Å². The normalized spacial score (nSPS) is 11.4. The van der Waals surface area contributed by atoms with Crippen molar-refractivity contribution >= 4 is 34.0 Å². The predicted molar refractivity (Wildman–Crippen MR) is 182 cm³/mol. The second kappa shape index (κ2) is 12.5. The molecule has 3 heteroatoms. The Labute approximate surface area is 280 Å². The van der Waals surface area contributed by atoms with E-state index < -0.39 is 0 Å². The van der Waals surface area contributed by atoms with Crippen LogP contribution in [0.1, 0.15) is 44.5 Å². The molecule has 0 spiro atoms. The molecule has 1 aliphatic carbocycles. The van der Waals surface area contributed by atoms with Crippen molar-refractivity contribution in [3.05, 3.63) is 146 Å². The Morgan fingerprint density at radius 1 is 0.628 bits per heavy atom. The molecule has 6 aromatic carbocycles. The van der Waals surface area contributed by atoms with Gasteiger partial charge in [0.1, 0.15) is 0 Å². The molecule has 0 nitrogen and oxygen atoms in total. The van der Waals surface area contributed by atoms with Gasteiger partial charge in [-0.15, -0.1) is 39.6 Å². The van der Waals surface area contributed by atoms with E-state index in [0.717, 1.165) is 27.2 Å². The fourth-order valence-electron chi connectivity index (χ4n) is 6.82. The summed E-state index contributed by atoms with van der Waals surface area (Å²) in [7, 11) is 0. The Balaban J connectivity index is 0.000000258. The first-order valence-corrected chi connectivity index (χ1v) is 15.2. The Hall–Kier alpha value is -3.00. The maximum absolute atomic E-state index is 5.91. The Bertz CT molecular complexity index is 1810. The average Bonchev–Trinajstić information content (AvgIpc) is 3.56.